The topological polar surface area (TPSA) is 94.8 Å². The fourth-order valence-electron chi connectivity index (χ4n) is 2.65. The summed E-state index contributed by atoms with van der Waals surface area (Å²) in [7, 11) is 3.38. The normalized spacial score (nSPS) is 11.3. The molecule has 0 unspecified atom stereocenters. The Bertz CT molecular complexity index is 851. The number of aromatic nitrogens is 3. The Hall–Kier alpha value is -2.22. The molecule has 9 nitrogen and oxygen atoms in total. The molecule has 0 aliphatic carbocycles. The molecule has 0 aliphatic heterocycles. The zero-order chi connectivity index (χ0) is 22.6. The van der Waals surface area contributed by atoms with Crippen LogP contribution in [0.5, 0.6) is 11.5 Å². The van der Waals surface area contributed by atoms with Crippen LogP contribution in [-0.4, -0.2) is 54.2 Å². The number of methoxy groups -OCH3 is 1. The van der Waals surface area contributed by atoms with Gasteiger partial charge in [0, 0.05) is 32.4 Å². The fraction of sp³-hybridized carbons (Fsp3) is 0.550. The van der Waals surface area contributed by atoms with Crippen molar-refractivity contribution < 1.29 is 23.0 Å². The van der Waals surface area contributed by atoms with Crippen LogP contribution in [0.1, 0.15) is 30.6 Å². The summed E-state index contributed by atoms with van der Waals surface area (Å²) in [5, 5.41) is 14.6. The minimum atomic E-state index is -2.93. The van der Waals surface area contributed by atoms with Gasteiger partial charge < -0.3 is 29.4 Å². The summed E-state index contributed by atoms with van der Waals surface area (Å²) in [6, 6.07) is 4.63. The van der Waals surface area contributed by atoms with E-state index in [2.05, 4.69) is 30.6 Å². The second kappa shape index (κ2) is 14.8. The van der Waals surface area contributed by atoms with Crippen molar-refractivity contribution >= 4 is 29.9 Å². The number of benzene rings is 1. The number of guanidine groups is 1. The van der Waals surface area contributed by atoms with Gasteiger partial charge in [-0.05, 0) is 38.5 Å². The first-order chi connectivity index (χ1) is 14.9. The summed E-state index contributed by atoms with van der Waals surface area (Å²) < 4.78 is 42.5. The molecule has 0 fully saturated rings. The lowest BCUT2D eigenvalue weighted by molar-refractivity contribution is -0.0504. The van der Waals surface area contributed by atoms with Crippen LogP contribution in [0, 0.1) is 6.92 Å². The van der Waals surface area contributed by atoms with Gasteiger partial charge >= 0.3 is 6.61 Å². The SMILES string of the molecule is CCOCCCNC(=NCc1cc(OC)ccc1OC(F)F)NCc1nnc(C)n1C.I. The van der Waals surface area contributed by atoms with E-state index in [4.69, 9.17) is 9.47 Å². The van der Waals surface area contributed by atoms with Crippen molar-refractivity contribution in [2.24, 2.45) is 12.0 Å². The van der Waals surface area contributed by atoms with Gasteiger partial charge in [0.2, 0.25) is 0 Å². The molecular weight excluding hydrogens is 537 g/mol. The maximum Gasteiger partial charge on any atom is 0.387 e. The van der Waals surface area contributed by atoms with E-state index in [1.54, 1.807) is 12.1 Å². The lowest BCUT2D eigenvalue weighted by Gasteiger charge is -2.14. The maximum absolute atomic E-state index is 12.8. The lowest BCUT2D eigenvalue weighted by Crippen LogP contribution is -2.38. The van der Waals surface area contributed by atoms with E-state index in [-0.39, 0.29) is 36.3 Å². The Labute approximate surface area is 204 Å². The van der Waals surface area contributed by atoms with Crippen molar-refractivity contribution in [3.63, 3.8) is 0 Å². The summed E-state index contributed by atoms with van der Waals surface area (Å²) in [6.45, 7) is 3.30. The summed E-state index contributed by atoms with van der Waals surface area (Å²) in [4.78, 5) is 4.52. The second-order valence-electron chi connectivity index (χ2n) is 6.57. The highest BCUT2D eigenvalue weighted by Gasteiger charge is 2.12. The smallest absolute Gasteiger partial charge is 0.387 e. The molecule has 1 aromatic carbocycles. The standard InChI is InChI=1S/C20H30F2N6O3.HI/c1-5-30-10-6-9-23-20(25-13-18-27-26-14(2)28(18)3)24-12-15-11-16(29-4)7-8-17(15)31-19(21)22;/h7-8,11,19H,5-6,9-10,12-13H2,1-4H3,(H2,23,24,25);1H. The summed E-state index contributed by atoms with van der Waals surface area (Å²) in [6.07, 6.45) is 0.788. The molecule has 180 valence electrons. The average Bonchev–Trinajstić information content (AvgIpc) is 3.07. The molecule has 0 bridgehead atoms. The van der Waals surface area contributed by atoms with Crippen LogP contribution in [0.15, 0.2) is 23.2 Å². The molecule has 1 aromatic heterocycles. The zero-order valence-corrected chi connectivity index (χ0v) is 21.1. The highest BCUT2D eigenvalue weighted by molar-refractivity contribution is 14.0. The first-order valence-corrected chi connectivity index (χ1v) is 10.0. The lowest BCUT2D eigenvalue weighted by atomic mass is 10.2. The van der Waals surface area contributed by atoms with Gasteiger partial charge in [-0.25, -0.2) is 4.99 Å². The molecule has 0 saturated heterocycles. The Morgan fingerprint density at radius 3 is 2.66 bits per heavy atom. The van der Waals surface area contributed by atoms with Gasteiger partial charge in [0.05, 0.1) is 20.2 Å². The zero-order valence-electron chi connectivity index (χ0n) is 18.7. The number of nitrogens with zero attached hydrogens (tertiary/aromatic N) is 4. The number of rotatable bonds is 12. The number of aliphatic imine (C=N–C) groups is 1. The molecule has 0 aliphatic rings. The first-order valence-electron chi connectivity index (χ1n) is 10.0. The number of nitrogens with one attached hydrogen (secondary N) is 2. The molecule has 12 heteroatoms. The Morgan fingerprint density at radius 1 is 1.25 bits per heavy atom. The van der Waals surface area contributed by atoms with E-state index in [0.717, 1.165) is 18.1 Å². The second-order valence-corrected chi connectivity index (χ2v) is 6.57. The fourth-order valence-corrected chi connectivity index (χ4v) is 2.65. The number of alkyl halides is 2. The highest BCUT2D eigenvalue weighted by Crippen LogP contribution is 2.26. The van der Waals surface area contributed by atoms with Gasteiger partial charge in [-0.15, -0.1) is 34.2 Å². The molecular formula is C20H31F2IN6O3. The molecule has 2 rings (SSSR count). The van der Waals surface area contributed by atoms with Crippen molar-refractivity contribution in [3.05, 3.63) is 35.4 Å². The molecule has 0 atom stereocenters. The van der Waals surface area contributed by atoms with Crippen LogP contribution >= 0.6 is 24.0 Å². The van der Waals surface area contributed by atoms with Crippen molar-refractivity contribution in [2.75, 3.05) is 26.9 Å². The minimum absolute atomic E-state index is 0. The Morgan fingerprint density at radius 2 is 2.03 bits per heavy atom. The molecule has 2 N–H and O–H groups in total. The molecule has 2 aromatic rings. The highest BCUT2D eigenvalue weighted by atomic mass is 127. The molecule has 32 heavy (non-hydrogen) atoms. The third-order valence-electron chi connectivity index (χ3n) is 4.45. The van der Waals surface area contributed by atoms with Crippen LogP contribution in [0.4, 0.5) is 8.78 Å². The van der Waals surface area contributed by atoms with Crippen LogP contribution in [0.2, 0.25) is 0 Å². The van der Waals surface area contributed by atoms with E-state index in [1.165, 1.54) is 13.2 Å². The monoisotopic (exact) mass is 568 g/mol. The number of hydrogen-bond donors (Lipinski definition) is 2. The van der Waals surface area contributed by atoms with Gasteiger partial charge in [0.25, 0.3) is 0 Å². The number of halogens is 3. The summed E-state index contributed by atoms with van der Waals surface area (Å²) >= 11 is 0. The number of hydrogen-bond acceptors (Lipinski definition) is 6. The predicted octanol–water partition coefficient (Wildman–Crippen LogP) is 3.01. The van der Waals surface area contributed by atoms with Gasteiger partial charge in [0.15, 0.2) is 11.8 Å². The third-order valence-corrected chi connectivity index (χ3v) is 4.45. The van der Waals surface area contributed by atoms with E-state index >= 15 is 0 Å². The van der Waals surface area contributed by atoms with Crippen LogP contribution in [-0.2, 0) is 24.9 Å². The molecule has 0 saturated carbocycles. The van der Waals surface area contributed by atoms with Crippen LogP contribution < -0.4 is 20.1 Å². The van der Waals surface area contributed by atoms with Gasteiger partial charge in [-0.2, -0.15) is 8.78 Å². The van der Waals surface area contributed by atoms with Crippen LogP contribution in [0.25, 0.3) is 0 Å². The molecule has 0 radical (unpaired) electrons. The molecule has 1 heterocycles. The van der Waals surface area contributed by atoms with Crippen molar-refractivity contribution in [1.29, 1.82) is 0 Å². The first kappa shape index (κ1) is 27.8. The van der Waals surface area contributed by atoms with Crippen molar-refractivity contribution in [3.8, 4) is 11.5 Å². The summed E-state index contributed by atoms with van der Waals surface area (Å²) in [5.74, 6) is 2.62. The van der Waals surface area contributed by atoms with Crippen LogP contribution in [0.3, 0.4) is 0 Å². The Balaban J connectivity index is 0.00000512. The minimum Gasteiger partial charge on any atom is -0.497 e. The Kier molecular flexibility index (Phi) is 12.8. The van der Waals surface area contributed by atoms with Gasteiger partial charge in [-0.1, -0.05) is 0 Å². The maximum atomic E-state index is 12.8. The number of ether oxygens (including phenoxy) is 3. The van der Waals surface area contributed by atoms with Crippen molar-refractivity contribution in [2.45, 2.75) is 40.0 Å². The average molecular weight is 568 g/mol. The summed E-state index contributed by atoms with van der Waals surface area (Å²) in [5.41, 5.74) is 0.476. The largest absolute Gasteiger partial charge is 0.497 e. The van der Waals surface area contributed by atoms with Gasteiger partial charge in [0.1, 0.15) is 17.3 Å². The third kappa shape index (κ3) is 9.10. The van der Waals surface area contributed by atoms with Crippen molar-refractivity contribution in [1.82, 2.24) is 25.4 Å². The molecule has 0 amide bonds. The van der Waals surface area contributed by atoms with Gasteiger partial charge in [-0.3, -0.25) is 0 Å². The number of aryl methyl sites for hydroxylation is 1. The van der Waals surface area contributed by atoms with E-state index in [0.29, 0.717) is 43.6 Å². The van der Waals surface area contributed by atoms with E-state index in [9.17, 15) is 8.78 Å². The quantitative estimate of drug-likeness (QED) is 0.176. The predicted molar refractivity (Wildman–Crippen MR) is 128 cm³/mol. The molecule has 0 spiro atoms. The van der Waals surface area contributed by atoms with E-state index in [1.807, 2.05) is 25.5 Å². The van der Waals surface area contributed by atoms with E-state index < -0.39 is 6.61 Å².